The number of hydrogen-bond acceptors (Lipinski definition) is 4. The molecule has 2 heterocycles. The van der Waals surface area contributed by atoms with E-state index >= 15 is 0 Å². The minimum Gasteiger partial charge on any atom is -0.490 e. The van der Waals surface area contributed by atoms with Gasteiger partial charge in [0.1, 0.15) is 17.7 Å². The van der Waals surface area contributed by atoms with Crippen molar-refractivity contribution in [1.82, 2.24) is 10.3 Å². The molecule has 0 atom stereocenters. The van der Waals surface area contributed by atoms with Crippen molar-refractivity contribution in [3.8, 4) is 5.75 Å². The molecule has 0 saturated carbocycles. The number of piperidine rings is 1. The zero-order valence-corrected chi connectivity index (χ0v) is 12.1. The molecule has 1 amide bonds. The van der Waals surface area contributed by atoms with E-state index < -0.39 is 0 Å². The number of anilines is 1. The normalized spacial score (nSPS) is 15.9. The highest BCUT2D eigenvalue weighted by Crippen LogP contribution is 2.24. The number of fused-ring (bicyclic) bond motifs is 1. The largest absolute Gasteiger partial charge is 0.490 e. The lowest BCUT2D eigenvalue weighted by Crippen LogP contribution is -2.34. The van der Waals surface area contributed by atoms with Crippen LogP contribution < -0.4 is 15.4 Å². The summed E-state index contributed by atoms with van der Waals surface area (Å²) >= 11 is 0. The van der Waals surface area contributed by atoms with Crippen molar-refractivity contribution in [1.29, 1.82) is 0 Å². The van der Waals surface area contributed by atoms with Crippen molar-refractivity contribution in [2.24, 2.45) is 0 Å². The summed E-state index contributed by atoms with van der Waals surface area (Å²) in [7, 11) is 0. The van der Waals surface area contributed by atoms with Gasteiger partial charge in [-0.2, -0.15) is 0 Å². The molecule has 5 heteroatoms. The number of ether oxygens (including phenoxy) is 1. The highest BCUT2D eigenvalue weighted by atomic mass is 16.5. The molecule has 1 aromatic carbocycles. The smallest absolute Gasteiger partial charge is 0.222 e. The van der Waals surface area contributed by atoms with Crippen molar-refractivity contribution < 1.29 is 9.53 Å². The molecule has 110 valence electrons. The fourth-order valence-corrected chi connectivity index (χ4v) is 2.55. The van der Waals surface area contributed by atoms with Gasteiger partial charge in [0, 0.05) is 18.5 Å². The summed E-state index contributed by atoms with van der Waals surface area (Å²) in [4.78, 5) is 15.3. The Morgan fingerprint density at radius 2 is 2.10 bits per heavy atom. The van der Waals surface area contributed by atoms with Crippen LogP contribution in [0, 0.1) is 0 Å². The zero-order chi connectivity index (χ0) is 14.7. The lowest BCUT2D eigenvalue weighted by Gasteiger charge is -2.24. The second-order valence-corrected chi connectivity index (χ2v) is 5.33. The molecule has 0 radical (unpaired) electrons. The number of aromatic nitrogens is 1. The standard InChI is InChI=1S/C16H19N3O2/c1-11(20)19-16-9-13-8-15(3-2-12(13)10-18-16)21-14-4-6-17-7-5-14/h2-3,8-10,14,17H,4-7H2,1H3,(H,18,19,20). The first-order valence-corrected chi connectivity index (χ1v) is 7.25. The number of hydrogen-bond donors (Lipinski definition) is 2. The highest BCUT2D eigenvalue weighted by molar-refractivity contribution is 5.91. The molecule has 1 aromatic heterocycles. The van der Waals surface area contributed by atoms with Crippen molar-refractivity contribution >= 4 is 22.5 Å². The monoisotopic (exact) mass is 285 g/mol. The fourth-order valence-electron chi connectivity index (χ4n) is 2.55. The third kappa shape index (κ3) is 3.49. The summed E-state index contributed by atoms with van der Waals surface area (Å²) in [5.74, 6) is 1.31. The van der Waals surface area contributed by atoms with Crippen LogP contribution in [0.25, 0.3) is 10.8 Å². The van der Waals surface area contributed by atoms with Gasteiger partial charge in [-0.05, 0) is 55.6 Å². The third-order valence-electron chi connectivity index (χ3n) is 3.59. The first-order valence-electron chi connectivity index (χ1n) is 7.25. The average molecular weight is 285 g/mol. The van der Waals surface area contributed by atoms with Crippen LogP contribution in [0.1, 0.15) is 19.8 Å². The second-order valence-electron chi connectivity index (χ2n) is 5.33. The molecule has 0 unspecified atom stereocenters. The number of nitrogens with one attached hydrogen (secondary N) is 2. The molecule has 2 aromatic rings. The molecule has 0 spiro atoms. The van der Waals surface area contributed by atoms with Crippen LogP contribution in [-0.4, -0.2) is 30.1 Å². The first kappa shape index (κ1) is 13.8. The number of rotatable bonds is 3. The summed E-state index contributed by atoms with van der Waals surface area (Å²) in [5.41, 5.74) is 0. The predicted molar refractivity (Wildman–Crippen MR) is 82.6 cm³/mol. The number of benzene rings is 1. The Labute approximate surface area is 123 Å². The van der Waals surface area contributed by atoms with E-state index in [1.165, 1.54) is 6.92 Å². The second kappa shape index (κ2) is 6.10. The Morgan fingerprint density at radius 1 is 1.29 bits per heavy atom. The van der Waals surface area contributed by atoms with Gasteiger partial charge in [0.25, 0.3) is 0 Å². The average Bonchev–Trinajstić information content (AvgIpc) is 2.47. The van der Waals surface area contributed by atoms with Gasteiger partial charge in [0.2, 0.25) is 5.91 Å². The van der Waals surface area contributed by atoms with Crippen LogP contribution in [0.5, 0.6) is 5.75 Å². The fraction of sp³-hybridized carbons (Fsp3) is 0.375. The van der Waals surface area contributed by atoms with E-state index in [0.717, 1.165) is 42.5 Å². The van der Waals surface area contributed by atoms with Crippen LogP contribution >= 0.6 is 0 Å². The third-order valence-corrected chi connectivity index (χ3v) is 3.59. The number of pyridine rings is 1. The Kier molecular flexibility index (Phi) is 4.01. The molecule has 5 nitrogen and oxygen atoms in total. The molecule has 0 aliphatic carbocycles. The quantitative estimate of drug-likeness (QED) is 0.908. The van der Waals surface area contributed by atoms with Gasteiger partial charge in [-0.15, -0.1) is 0 Å². The van der Waals surface area contributed by atoms with Gasteiger partial charge >= 0.3 is 0 Å². The van der Waals surface area contributed by atoms with Crippen molar-refractivity contribution in [3.63, 3.8) is 0 Å². The number of carbonyl (C=O) groups excluding carboxylic acids is 1. The lowest BCUT2D eigenvalue weighted by atomic mass is 10.1. The Balaban J connectivity index is 1.81. The number of nitrogens with zero attached hydrogens (tertiary/aromatic N) is 1. The number of carbonyl (C=O) groups is 1. The van der Waals surface area contributed by atoms with E-state index in [2.05, 4.69) is 15.6 Å². The molecule has 0 bridgehead atoms. The van der Waals surface area contributed by atoms with Crippen LogP contribution in [-0.2, 0) is 4.79 Å². The SMILES string of the molecule is CC(=O)Nc1cc2cc(OC3CCNCC3)ccc2cn1. The van der Waals surface area contributed by atoms with Gasteiger partial charge in [0.05, 0.1) is 0 Å². The highest BCUT2D eigenvalue weighted by Gasteiger charge is 2.14. The van der Waals surface area contributed by atoms with Crippen molar-refractivity contribution in [2.75, 3.05) is 18.4 Å². The number of amides is 1. The van der Waals surface area contributed by atoms with E-state index in [0.29, 0.717) is 5.82 Å². The van der Waals surface area contributed by atoms with Crippen LogP contribution in [0.4, 0.5) is 5.82 Å². The maximum Gasteiger partial charge on any atom is 0.222 e. The Bertz CT molecular complexity index is 651. The van der Waals surface area contributed by atoms with E-state index in [9.17, 15) is 4.79 Å². The molecular weight excluding hydrogens is 266 g/mol. The maximum atomic E-state index is 11.1. The molecule has 2 N–H and O–H groups in total. The van der Waals surface area contributed by atoms with E-state index in [1.807, 2.05) is 24.3 Å². The van der Waals surface area contributed by atoms with Crippen molar-refractivity contribution in [2.45, 2.75) is 25.9 Å². The molecule has 1 saturated heterocycles. The maximum absolute atomic E-state index is 11.1. The molecule has 1 aliphatic heterocycles. The topological polar surface area (TPSA) is 63.2 Å². The van der Waals surface area contributed by atoms with E-state index in [1.54, 1.807) is 6.20 Å². The van der Waals surface area contributed by atoms with E-state index in [4.69, 9.17) is 4.74 Å². The van der Waals surface area contributed by atoms with Crippen molar-refractivity contribution in [3.05, 3.63) is 30.5 Å². The minimum atomic E-state index is -0.121. The molecule has 21 heavy (non-hydrogen) atoms. The molecular formula is C16H19N3O2. The zero-order valence-electron chi connectivity index (χ0n) is 12.1. The van der Waals surface area contributed by atoms with Gasteiger partial charge < -0.3 is 15.4 Å². The Hall–Kier alpha value is -2.14. The molecule has 1 aliphatic rings. The summed E-state index contributed by atoms with van der Waals surface area (Å²) in [6, 6.07) is 7.84. The summed E-state index contributed by atoms with van der Waals surface area (Å²) in [6.07, 6.45) is 4.10. The molecule has 1 fully saturated rings. The summed E-state index contributed by atoms with van der Waals surface area (Å²) in [6.45, 7) is 3.49. The predicted octanol–water partition coefficient (Wildman–Crippen LogP) is 2.32. The van der Waals surface area contributed by atoms with Gasteiger partial charge in [0.15, 0.2) is 0 Å². The molecule has 3 rings (SSSR count). The Morgan fingerprint density at radius 3 is 2.86 bits per heavy atom. The first-order chi connectivity index (χ1) is 10.2. The van der Waals surface area contributed by atoms with Gasteiger partial charge in [-0.25, -0.2) is 4.98 Å². The summed E-state index contributed by atoms with van der Waals surface area (Å²) < 4.78 is 6.04. The van der Waals surface area contributed by atoms with E-state index in [-0.39, 0.29) is 12.0 Å². The van der Waals surface area contributed by atoms with Crippen LogP contribution in [0.2, 0.25) is 0 Å². The summed E-state index contributed by atoms with van der Waals surface area (Å²) in [5, 5.41) is 8.07. The van der Waals surface area contributed by atoms with Crippen LogP contribution in [0.15, 0.2) is 30.5 Å². The lowest BCUT2D eigenvalue weighted by molar-refractivity contribution is -0.114. The minimum absolute atomic E-state index is 0.121. The van der Waals surface area contributed by atoms with Gasteiger partial charge in [-0.3, -0.25) is 4.79 Å². The van der Waals surface area contributed by atoms with Crippen LogP contribution in [0.3, 0.4) is 0 Å². The van der Waals surface area contributed by atoms with Gasteiger partial charge in [-0.1, -0.05) is 0 Å².